The van der Waals surface area contributed by atoms with E-state index in [1.54, 1.807) is 0 Å². The van der Waals surface area contributed by atoms with Crippen LogP contribution in [0.2, 0.25) is 0 Å². The second kappa shape index (κ2) is 5.57. The third-order valence-corrected chi connectivity index (χ3v) is 2.27. The van der Waals surface area contributed by atoms with Gasteiger partial charge in [-0.3, -0.25) is 0 Å². The smallest absolute Gasteiger partial charge is 0.0289 e. The molecule has 1 nitrogen and oxygen atoms in total. The minimum Gasteiger partial charge on any atom is -0.313 e. The van der Waals surface area contributed by atoms with Crippen molar-refractivity contribution in [2.24, 2.45) is 0 Å². The number of hydrogen-bond acceptors (Lipinski definition) is 1. The van der Waals surface area contributed by atoms with Crippen molar-refractivity contribution in [3.8, 4) is 0 Å². The highest BCUT2D eigenvalue weighted by Gasteiger charge is 2.00. The molecule has 0 fully saturated rings. The molecule has 0 amide bonds. The van der Waals surface area contributed by atoms with Gasteiger partial charge < -0.3 is 5.32 Å². The molecule has 0 aliphatic rings. The quantitative estimate of drug-likeness (QED) is 0.850. The number of nitrogens with one attached hydrogen (secondary N) is 1. The van der Waals surface area contributed by atoms with Gasteiger partial charge in [0, 0.05) is 10.5 Å². The van der Waals surface area contributed by atoms with Crippen LogP contribution in [0.3, 0.4) is 0 Å². The Kier molecular flexibility index (Phi) is 5.55. The second-order valence-corrected chi connectivity index (χ2v) is 3.48. The maximum atomic E-state index is 3.43. The zero-order chi connectivity index (χ0) is 8.27. The lowest BCUT2D eigenvalue weighted by Gasteiger charge is -2.09. The minimum atomic E-state index is 0. The van der Waals surface area contributed by atoms with Gasteiger partial charge in [0.15, 0.2) is 0 Å². The average molecular weight is 251 g/mol. The standard InChI is InChI=1S/C9H12BrN.ClH/c1-7(11-2)8-4-3-5-9(10)6-8;/h3-7,11H,1-2H3;1H/t7-;/m0./s1. The first kappa shape index (κ1) is 11.9. The van der Waals surface area contributed by atoms with Gasteiger partial charge in [0.1, 0.15) is 0 Å². The van der Waals surface area contributed by atoms with Crippen LogP contribution in [0.15, 0.2) is 28.7 Å². The Morgan fingerprint density at radius 1 is 1.42 bits per heavy atom. The average Bonchev–Trinajstić information content (AvgIpc) is 2.03. The van der Waals surface area contributed by atoms with E-state index in [9.17, 15) is 0 Å². The summed E-state index contributed by atoms with van der Waals surface area (Å²) in [5.74, 6) is 0. The molecule has 0 saturated carbocycles. The zero-order valence-corrected chi connectivity index (χ0v) is 9.58. The maximum absolute atomic E-state index is 3.43. The number of hydrogen-bond donors (Lipinski definition) is 1. The van der Waals surface area contributed by atoms with E-state index in [1.165, 1.54) is 5.56 Å². The Hall–Kier alpha value is -0.0500. The summed E-state index contributed by atoms with van der Waals surface area (Å²) in [7, 11) is 1.96. The van der Waals surface area contributed by atoms with Crippen molar-refractivity contribution in [1.82, 2.24) is 5.32 Å². The van der Waals surface area contributed by atoms with Crippen molar-refractivity contribution in [2.75, 3.05) is 7.05 Å². The number of rotatable bonds is 2. The molecule has 0 aliphatic heterocycles. The molecule has 68 valence electrons. The highest BCUT2D eigenvalue weighted by Crippen LogP contribution is 2.16. The van der Waals surface area contributed by atoms with Gasteiger partial charge in [-0.2, -0.15) is 0 Å². The third kappa shape index (κ3) is 3.13. The lowest BCUT2D eigenvalue weighted by molar-refractivity contribution is 0.652. The van der Waals surface area contributed by atoms with Gasteiger partial charge >= 0.3 is 0 Å². The van der Waals surface area contributed by atoms with Crippen LogP contribution in [0.5, 0.6) is 0 Å². The molecule has 0 radical (unpaired) electrons. The predicted molar refractivity (Wildman–Crippen MR) is 58.9 cm³/mol. The van der Waals surface area contributed by atoms with Gasteiger partial charge in [0.2, 0.25) is 0 Å². The molecule has 0 aliphatic carbocycles. The largest absolute Gasteiger partial charge is 0.313 e. The fourth-order valence-corrected chi connectivity index (χ4v) is 1.36. The van der Waals surface area contributed by atoms with Crippen LogP contribution in [0, 0.1) is 0 Å². The Labute approximate surface area is 88.1 Å². The number of halogens is 2. The van der Waals surface area contributed by atoms with E-state index < -0.39 is 0 Å². The van der Waals surface area contributed by atoms with Crippen LogP contribution in [-0.2, 0) is 0 Å². The van der Waals surface area contributed by atoms with Crippen molar-refractivity contribution >= 4 is 28.3 Å². The molecule has 1 aromatic rings. The van der Waals surface area contributed by atoms with Gasteiger partial charge in [-0.25, -0.2) is 0 Å². The van der Waals surface area contributed by atoms with E-state index in [0.29, 0.717) is 6.04 Å². The molecule has 1 aromatic carbocycles. The van der Waals surface area contributed by atoms with Gasteiger partial charge in [0.25, 0.3) is 0 Å². The molecule has 1 atom stereocenters. The van der Waals surface area contributed by atoms with Crippen LogP contribution >= 0.6 is 28.3 Å². The fraction of sp³-hybridized carbons (Fsp3) is 0.333. The van der Waals surface area contributed by atoms with Gasteiger partial charge in [-0.1, -0.05) is 28.1 Å². The van der Waals surface area contributed by atoms with E-state index in [0.717, 1.165) is 4.47 Å². The van der Waals surface area contributed by atoms with Gasteiger partial charge in [-0.15, -0.1) is 12.4 Å². The summed E-state index contributed by atoms with van der Waals surface area (Å²) in [5.41, 5.74) is 1.31. The van der Waals surface area contributed by atoms with E-state index in [-0.39, 0.29) is 12.4 Å². The highest BCUT2D eigenvalue weighted by atomic mass is 79.9. The Morgan fingerprint density at radius 3 is 2.58 bits per heavy atom. The van der Waals surface area contributed by atoms with Crippen molar-refractivity contribution in [1.29, 1.82) is 0 Å². The first-order valence-corrected chi connectivity index (χ1v) is 4.46. The molecule has 0 saturated heterocycles. The lowest BCUT2D eigenvalue weighted by atomic mass is 10.1. The summed E-state index contributed by atoms with van der Waals surface area (Å²) < 4.78 is 1.14. The Morgan fingerprint density at radius 2 is 2.08 bits per heavy atom. The zero-order valence-electron chi connectivity index (χ0n) is 7.17. The van der Waals surface area contributed by atoms with Crippen LogP contribution in [0.4, 0.5) is 0 Å². The Bertz CT molecular complexity index is 240. The monoisotopic (exact) mass is 249 g/mol. The van der Waals surface area contributed by atoms with E-state index in [4.69, 9.17) is 0 Å². The molecule has 0 unspecified atom stereocenters. The first-order chi connectivity index (χ1) is 5.24. The topological polar surface area (TPSA) is 12.0 Å². The number of benzene rings is 1. The van der Waals surface area contributed by atoms with E-state index in [2.05, 4.69) is 40.3 Å². The van der Waals surface area contributed by atoms with Crippen molar-refractivity contribution in [2.45, 2.75) is 13.0 Å². The second-order valence-electron chi connectivity index (χ2n) is 2.57. The molecule has 1 rings (SSSR count). The maximum Gasteiger partial charge on any atom is 0.0289 e. The van der Waals surface area contributed by atoms with E-state index >= 15 is 0 Å². The molecule has 3 heteroatoms. The summed E-state index contributed by atoms with van der Waals surface area (Å²) in [6.07, 6.45) is 0. The summed E-state index contributed by atoms with van der Waals surface area (Å²) in [5, 5.41) is 3.19. The normalized spacial score (nSPS) is 11.9. The van der Waals surface area contributed by atoms with Crippen molar-refractivity contribution < 1.29 is 0 Å². The predicted octanol–water partition coefficient (Wildman–Crippen LogP) is 3.15. The van der Waals surface area contributed by atoms with Crippen molar-refractivity contribution in [3.63, 3.8) is 0 Å². The first-order valence-electron chi connectivity index (χ1n) is 3.67. The van der Waals surface area contributed by atoms with Crippen LogP contribution in [0.25, 0.3) is 0 Å². The molecule has 0 aromatic heterocycles. The van der Waals surface area contributed by atoms with Crippen LogP contribution < -0.4 is 5.32 Å². The summed E-state index contributed by atoms with van der Waals surface area (Å²) in [6.45, 7) is 2.14. The van der Waals surface area contributed by atoms with Gasteiger partial charge in [0.05, 0.1) is 0 Å². The lowest BCUT2D eigenvalue weighted by Crippen LogP contribution is -2.11. The third-order valence-electron chi connectivity index (χ3n) is 1.78. The summed E-state index contributed by atoms with van der Waals surface area (Å²) in [4.78, 5) is 0. The molecule has 0 bridgehead atoms. The molecular weight excluding hydrogens is 237 g/mol. The molecular formula is C9H13BrClN. The van der Waals surface area contributed by atoms with Gasteiger partial charge in [-0.05, 0) is 31.7 Å². The molecule has 12 heavy (non-hydrogen) atoms. The molecule has 0 heterocycles. The molecule has 0 spiro atoms. The van der Waals surface area contributed by atoms with Crippen LogP contribution in [-0.4, -0.2) is 7.05 Å². The van der Waals surface area contributed by atoms with Crippen LogP contribution in [0.1, 0.15) is 18.5 Å². The van der Waals surface area contributed by atoms with E-state index in [1.807, 2.05) is 19.2 Å². The van der Waals surface area contributed by atoms with Crippen molar-refractivity contribution in [3.05, 3.63) is 34.3 Å². The highest BCUT2D eigenvalue weighted by molar-refractivity contribution is 9.10. The minimum absolute atomic E-state index is 0. The Balaban J connectivity index is 0.00000121. The molecule has 1 N–H and O–H groups in total. The SMILES string of the molecule is CN[C@@H](C)c1cccc(Br)c1.Cl. The fourth-order valence-electron chi connectivity index (χ4n) is 0.943. The summed E-state index contributed by atoms with van der Waals surface area (Å²) in [6, 6.07) is 8.75. The summed E-state index contributed by atoms with van der Waals surface area (Å²) >= 11 is 3.43.